The zero-order valence-electron chi connectivity index (χ0n) is 16.9. The molecule has 2 saturated heterocycles. The molecule has 2 aliphatic heterocycles. The van der Waals surface area contributed by atoms with E-state index in [0.29, 0.717) is 12.5 Å². The monoisotopic (exact) mass is 397 g/mol. The predicted molar refractivity (Wildman–Crippen MR) is 112 cm³/mol. The number of ether oxygens (including phenoxy) is 1. The second-order valence-electron chi connectivity index (χ2n) is 8.15. The first kappa shape index (κ1) is 19.9. The van der Waals surface area contributed by atoms with Crippen LogP contribution in [0.3, 0.4) is 0 Å². The van der Waals surface area contributed by atoms with E-state index in [1.54, 1.807) is 6.20 Å². The van der Waals surface area contributed by atoms with Crippen molar-refractivity contribution in [2.45, 2.75) is 38.4 Å². The summed E-state index contributed by atoms with van der Waals surface area (Å²) >= 11 is 0. The van der Waals surface area contributed by atoms with E-state index >= 15 is 0 Å². The first-order valence-corrected chi connectivity index (χ1v) is 10.6. The van der Waals surface area contributed by atoms with Gasteiger partial charge in [0.1, 0.15) is 0 Å². The van der Waals surface area contributed by atoms with Crippen LogP contribution in [0.4, 0.5) is 4.79 Å². The highest BCUT2D eigenvalue weighted by molar-refractivity contribution is 5.74. The Balaban J connectivity index is 1.14. The van der Waals surface area contributed by atoms with Crippen LogP contribution in [0.5, 0.6) is 0 Å². The number of benzene rings is 1. The molecule has 1 aromatic carbocycles. The Morgan fingerprint density at radius 3 is 2.62 bits per heavy atom. The van der Waals surface area contributed by atoms with Crippen LogP contribution in [0, 0.1) is 5.92 Å². The number of hydrogen-bond acceptors (Lipinski definition) is 4. The minimum Gasteiger partial charge on any atom is -0.381 e. The molecule has 156 valence electrons. The fourth-order valence-electron chi connectivity index (χ4n) is 4.11. The first-order valence-electron chi connectivity index (χ1n) is 10.6. The maximum atomic E-state index is 12.3. The molecular formula is C22H31N5O2. The van der Waals surface area contributed by atoms with Crippen LogP contribution in [-0.4, -0.2) is 59.6 Å². The van der Waals surface area contributed by atoms with Gasteiger partial charge < -0.3 is 20.3 Å². The van der Waals surface area contributed by atoms with Gasteiger partial charge in [-0.15, -0.1) is 0 Å². The molecule has 0 aliphatic carbocycles. The van der Waals surface area contributed by atoms with E-state index in [2.05, 4.69) is 44.9 Å². The zero-order valence-corrected chi connectivity index (χ0v) is 16.9. The number of carbonyl (C=O) groups is 1. The molecule has 0 radical (unpaired) electrons. The lowest BCUT2D eigenvalue weighted by Crippen LogP contribution is -2.48. The van der Waals surface area contributed by atoms with Crippen LogP contribution >= 0.6 is 0 Å². The van der Waals surface area contributed by atoms with Gasteiger partial charge in [-0.1, -0.05) is 24.3 Å². The summed E-state index contributed by atoms with van der Waals surface area (Å²) in [5.41, 5.74) is 2.29. The van der Waals surface area contributed by atoms with Crippen LogP contribution in [0.1, 0.15) is 30.4 Å². The number of likely N-dealkylation sites (tertiary alicyclic amines) is 1. The quantitative estimate of drug-likeness (QED) is 0.752. The van der Waals surface area contributed by atoms with Gasteiger partial charge >= 0.3 is 6.03 Å². The van der Waals surface area contributed by atoms with Crippen molar-refractivity contribution >= 4 is 6.03 Å². The maximum absolute atomic E-state index is 12.3. The topological polar surface area (TPSA) is 71.4 Å². The van der Waals surface area contributed by atoms with Crippen LogP contribution in [0.15, 0.2) is 42.7 Å². The zero-order chi connectivity index (χ0) is 19.9. The smallest absolute Gasteiger partial charge is 0.315 e. The Morgan fingerprint density at radius 2 is 1.93 bits per heavy atom. The Morgan fingerprint density at radius 1 is 1.14 bits per heavy atom. The molecular weight excluding hydrogens is 366 g/mol. The average molecular weight is 398 g/mol. The van der Waals surface area contributed by atoms with Crippen molar-refractivity contribution in [2.75, 3.05) is 32.8 Å². The number of rotatable bonds is 7. The molecule has 3 heterocycles. The Bertz CT molecular complexity index is 748. The fourth-order valence-corrected chi connectivity index (χ4v) is 4.11. The number of hydrogen-bond donors (Lipinski definition) is 2. The van der Waals surface area contributed by atoms with Crippen LogP contribution in [0.2, 0.25) is 0 Å². The summed E-state index contributed by atoms with van der Waals surface area (Å²) in [5, 5.41) is 10.3. The van der Waals surface area contributed by atoms with E-state index in [9.17, 15) is 4.79 Å². The number of amides is 2. The number of carbonyl (C=O) groups excluding carboxylic acids is 1. The van der Waals surface area contributed by atoms with E-state index in [1.807, 2.05) is 16.9 Å². The van der Waals surface area contributed by atoms with Gasteiger partial charge in [0.15, 0.2) is 0 Å². The summed E-state index contributed by atoms with van der Waals surface area (Å²) in [4.78, 5) is 14.8. The standard InChI is InChI=1S/C22H31N5O2/c28-22(25-21-6-11-26(12-7-21)15-20-8-13-29-17-20)23-14-18-2-4-19(5-3-18)16-27-10-1-9-24-27/h1-5,9-10,20-21H,6-8,11-17H2,(H2,23,25,28). The highest BCUT2D eigenvalue weighted by Gasteiger charge is 2.24. The highest BCUT2D eigenvalue weighted by atomic mass is 16.5. The van der Waals surface area contributed by atoms with Crippen LogP contribution < -0.4 is 10.6 Å². The molecule has 2 N–H and O–H groups in total. The summed E-state index contributed by atoms with van der Waals surface area (Å²) in [6.45, 7) is 6.36. The lowest BCUT2D eigenvalue weighted by Gasteiger charge is -2.33. The second kappa shape index (κ2) is 9.89. The molecule has 0 spiro atoms. The third-order valence-electron chi connectivity index (χ3n) is 5.84. The SMILES string of the molecule is O=C(NCc1ccc(Cn2cccn2)cc1)NC1CCN(CC2CCOC2)CC1. The van der Waals surface area contributed by atoms with Gasteiger partial charge in [0.2, 0.25) is 0 Å². The van der Waals surface area contributed by atoms with E-state index in [1.165, 1.54) is 12.0 Å². The molecule has 2 aliphatic rings. The van der Waals surface area contributed by atoms with E-state index in [4.69, 9.17) is 4.74 Å². The van der Waals surface area contributed by atoms with Crippen LogP contribution in [0.25, 0.3) is 0 Å². The fraction of sp³-hybridized carbons (Fsp3) is 0.545. The normalized spacial score (nSPS) is 20.6. The third-order valence-corrected chi connectivity index (χ3v) is 5.84. The number of nitrogens with zero attached hydrogens (tertiary/aromatic N) is 3. The molecule has 0 bridgehead atoms. The molecule has 7 nitrogen and oxygen atoms in total. The molecule has 1 unspecified atom stereocenters. The predicted octanol–water partition coefficient (Wildman–Crippen LogP) is 2.23. The lowest BCUT2D eigenvalue weighted by molar-refractivity contribution is 0.148. The summed E-state index contributed by atoms with van der Waals surface area (Å²) in [5.74, 6) is 0.689. The van der Waals surface area contributed by atoms with Crippen molar-refractivity contribution in [3.8, 4) is 0 Å². The van der Waals surface area contributed by atoms with Gasteiger partial charge in [0.05, 0.1) is 13.2 Å². The molecule has 7 heteroatoms. The first-order chi connectivity index (χ1) is 14.2. The van der Waals surface area contributed by atoms with Crippen molar-refractivity contribution in [2.24, 2.45) is 5.92 Å². The minimum absolute atomic E-state index is 0.0757. The van der Waals surface area contributed by atoms with Gasteiger partial charge in [-0.3, -0.25) is 4.68 Å². The maximum Gasteiger partial charge on any atom is 0.315 e. The van der Waals surface area contributed by atoms with Crippen molar-refractivity contribution in [3.05, 3.63) is 53.9 Å². The summed E-state index contributed by atoms with van der Waals surface area (Å²) in [6.07, 6.45) is 6.95. The Kier molecular flexibility index (Phi) is 6.79. The van der Waals surface area contributed by atoms with Gasteiger partial charge in [-0.05, 0) is 42.4 Å². The van der Waals surface area contributed by atoms with Crippen LogP contribution in [-0.2, 0) is 17.8 Å². The van der Waals surface area contributed by atoms with Gasteiger partial charge in [-0.25, -0.2) is 4.79 Å². The molecule has 1 aromatic heterocycles. The molecule has 4 rings (SSSR count). The summed E-state index contributed by atoms with van der Waals surface area (Å²) in [7, 11) is 0. The lowest BCUT2D eigenvalue weighted by atomic mass is 10.0. The third kappa shape index (κ3) is 6.05. The van der Waals surface area contributed by atoms with E-state index < -0.39 is 0 Å². The Labute approximate surface area is 172 Å². The highest BCUT2D eigenvalue weighted by Crippen LogP contribution is 2.17. The van der Waals surface area contributed by atoms with Crippen molar-refractivity contribution < 1.29 is 9.53 Å². The minimum atomic E-state index is -0.0757. The van der Waals surface area contributed by atoms with E-state index in [0.717, 1.165) is 57.8 Å². The molecule has 2 amide bonds. The number of urea groups is 1. The molecule has 29 heavy (non-hydrogen) atoms. The number of nitrogens with one attached hydrogen (secondary N) is 2. The molecule has 1 atom stereocenters. The van der Waals surface area contributed by atoms with Crippen molar-refractivity contribution in [1.29, 1.82) is 0 Å². The second-order valence-corrected chi connectivity index (χ2v) is 8.15. The summed E-state index contributed by atoms with van der Waals surface area (Å²) in [6, 6.07) is 10.4. The van der Waals surface area contributed by atoms with Crippen molar-refractivity contribution in [1.82, 2.24) is 25.3 Å². The summed E-state index contributed by atoms with van der Waals surface area (Å²) < 4.78 is 7.37. The number of piperidine rings is 1. The Hall–Kier alpha value is -2.38. The average Bonchev–Trinajstić information content (AvgIpc) is 3.43. The number of aromatic nitrogens is 2. The van der Waals surface area contributed by atoms with Crippen molar-refractivity contribution in [3.63, 3.8) is 0 Å². The van der Waals surface area contributed by atoms with Gasteiger partial charge in [0, 0.05) is 51.2 Å². The van der Waals surface area contributed by atoms with E-state index in [-0.39, 0.29) is 12.1 Å². The van der Waals surface area contributed by atoms with Gasteiger partial charge in [-0.2, -0.15) is 5.10 Å². The molecule has 2 aromatic rings. The largest absolute Gasteiger partial charge is 0.381 e. The van der Waals surface area contributed by atoms with Gasteiger partial charge in [0.25, 0.3) is 0 Å². The molecule has 0 saturated carbocycles. The molecule has 2 fully saturated rings.